The second-order valence-electron chi connectivity index (χ2n) is 5.60. The zero-order chi connectivity index (χ0) is 14.7. The summed E-state index contributed by atoms with van der Waals surface area (Å²) in [5.41, 5.74) is 0. The first-order valence-electron chi connectivity index (χ1n) is 7.35. The lowest BCUT2D eigenvalue weighted by atomic mass is 10.1. The Morgan fingerprint density at radius 3 is 2.55 bits per heavy atom. The van der Waals surface area contributed by atoms with Crippen LogP contribution in [0.3, 0.4) is 0 Å². The van der Waals surface area contributed by atoms with Crippen LogP contribution in [0.15, 0.2) is 0 Å². The Balaban J connectivity index is 1.98. The first-order chi connectivity index (χ1) is 9.54. The molecular formula is C14H22N2O4. The van der Waals surface area contributed by atoms with Crippen molar-refractivity contribution in [2.24, 2.45) is 5.92 Å². The van der Waals surface area contributed by atoms with Gasteiger partial charge in [0.15, 0.2) is 0 Å². The fourth-order valence-electron chi connectivity index (χ4n) is 3.05. The van der Waals surface area contributed by atoms with Crippen LogP contribution in [0, 0.1) is 5.92 Å². The number of nitrogens with zero attached hydrogens (tertiary/aromatic N) is 2. The molecule has 112 valence electrons. The molecule has 0 spiro atoms. The molecular weight excluding hydrogens is 260 g/mol. The van der Waals surface area contributed by atoms with Crippen LogP contribution >= 0.6 is 0 Å². The van der Waals surface area contributed by atoms with Crippen LogP contribution in [0.1, 0.15) is 39.0 Å². The number of rotatable bonds is 4. The number of carboxylic acid groups (broad SMARTS) is 1. The molecule has 0 aromatic rings. The summed E-state index contributed by atoms with van der Waals surface area (Å²) in [5.74, 6) is -1.33. The van der Waals surface area contributed by atoms with Crippen LogP contribution in [0.2, 0.25) is 0 Å². The van der Waals surface area contributed by atoms with E-state index in [2.05, 4.69) is 0 Å². The lowest BCUT2D eigenvalue weighted by Crippen LogP contribution is -2.47. The van der Waals surface area contributed by atoms with Gasteiger partial charge in [-0.1, -0.05) is 6.92 Å². The molecule has 0 radical (unpaired) electrons. The van der Waals surface area contributed by atoms with Crippen LogP contribution in [0.5, 0.6) is 0 Å². The van der Waals surface area contributed by atoms with Crippen molar-refractivity contribution < 1.29 is 19.5 Å². The van der Waals surface area contributed by atoms with Gasteiger partial charge in [0.25, 0.3) is 0 Å². The van der Waals surface area contributed by atoms with Gasteiger partial charge in [0, 0.05) is 26.1 Å². The highest BCUT2D eigenvalue weighted by molar-refractivity contribution is 5.89. The Bertz CT molecular complexity index is 410. The van der Waals surface area contributed by atoms with Crippen molar-refractivity contribution in [3.8, 4) is 0 Å². The lowest BCUT2D eigenvalue weighted by molar-refractivity contribution is -0.144. The topological polar surface area (TPSA) is 77.9 Å². The van der Waals surface area contributed by atoms with Gasteiger partial charge in [-0.25, -0.2) is 0 Å². The molecule has 2 heterocycles. The number of aliphatic carboxylic acids is 1. The molecule has 2 aliphatic rings. The molecule has 2 fully saturated rings. The Labute approximate surface area is 118 Å². The first-order valence-corrected chi connectivity index (χ1v) is 7.35. The highest BCUT2D eigenvalue weighted by Crippen LogP contribution is 2.24. The Hall–Kier alpha value is -1.59. The van der Waals surface area contributed by atoms with E-state index in [1.54, 1.807) is 9.80 Å². The van der Waals surface area contributed by atoms with Gasteiger partial charge in [-0.05, 0) is 25.7 Å². The molecule has 0 saturated carbocycles. The van der Waals surface area contributed by atoms with E-state index in [0.29, 0.717) is 32.4 Å². The van der Waals surface area contributed by atoms with Gasteiger partial charge >= 0.3 is 5.97 Å². The molecule has 0 aromatic heterocycles. The summed E-state index contributed by atoms with van der Waals surface area (Å²) in [7, 11) is 0. The summed E-state index contributed by atoms with van der Waals surface area (Å²) in [4.78, 5) is 38.7. The van der Waals surface area contributed by atoms with Gasteiger partial charge in [0.1, 0.15) is 6.04 Å². The minimum absolute atomic E-state index is 0.0392. The summed E-state index contributed by atoms with van der Waals surface area (Å²) < 4.78 is 0. The van der Waals surface area contributed by atoms with E-state index in [-0.39, 0.29) is 24.4 Å². The quantitative estimate of drug-likeness (QED) is 0.823. The molecule has 20 heavy (non-hydrogen) atoms. The van der Waals surface area contributed by atoms with Crippen LogP contribution in [0.25, 0.3) is 0 Å². The summed E-state index contributed by atoms with van der Waals surface area (Å²) >= 11 is 0. The molecule has 2 aliphatic heterocycles. The van der Waals surface area contributed by atoms with Crippen molar-refractivity contribution in [1.82, 2.24) is 9.80 Å². The van der Waals surface area contributed by atoms with Crippen molar-refractivity contribution in [1.29, 1.82) is 0 Å². The number of carboxylic acids is 1. The van der Waals surface area contributed by atoms with E-state index in [0.717, 1.165) is 12.8 Å². The van der Waals surface area contributed by atoms with Crippen LogP contribution in [0.4, 0.5) is 0 Å². The number of likely N-dealkylation sites (tertiary alicyclic amines) is 2. The third kappa shape index (κ3) is 2.94. The van der Waals surface area contributed by atoms with E-state index in [1.165, 1.54) is 0 Å². The van der Waals surface area contributed by atoms with Crippen LogP contribution in [-0.4, -0.2) is 58.4 Å². The highest BCUT2D eigenvalue weighted by Gasteiger charge is 2.39. The number of carbonyl (C=O) groups is 3. The zero-order valence-electron chi connectivity index (χ0n) is 11.9. The van der Waals surface area contributed by atoms with Crippen molar-refractivity contribution in [2.75, 3.05) is 19.6 Å². The summed E-state index contributed by atoms with van der Waals surface area (Å²) in [6, 6.07) is -0.374. The number of hydrogen-bond acceptors (Lipinski definition) is 3. The number of hydrogen-bond donors (Lipinski definition) is 1. The third-order valence-electron chi connectivity index (χ3n) is 4.17. The van der Waals surface area contributed by atoms with Gasteiger partial charge in [-0.2, -0.15) is 0 Å². The van der Waals surface area contributed by atoms with E-state index in [4.69, 9.17) is 5.11 Å². The minimum Gasteiger partial charge on any atom is -0.481 e. The van der Waals surface area contributed by atoms with E-state index < -0.39 is 11.9 Å². The van der Waals surface area contributed by atoms with Crippen molar-refractivity contribution in [2.45, 2.75) is 45.1 Å². The monoisotopic (exact) mass is 282 g/mol. The second-order valence-corrected chi connectivity index (χ2v) is 5.60. The molecule has 2 saturated heterocycles. The summed E-state index contributed by atoms with van der Waals surface area (Å²) in [6.07, 6.45) is 3.31. The van der Waals surface area contributed by atoms with Crippen LogP contribution in [-0.2, 0) is 14.4 Å². The van der Waals surface area contributed by atoms with Crippen LogP contribution < -0.4 is 0 Å². The molecule has 6 nitrogen and oxygen atoms in total. The molecule has 1 N–H and O–H groups in total. The molecule has 2 rings (SSSR count). The highest BCUT2D eigenvalue weighted by atomic mass is 16.4. The maximum Gasteiger partial charge on any atom is 0.308 e. The third-order valence-corrected chi connectivity index (χ3v) is 4.17. The Morgan fingerprint density at radius 1 is 1.20 bits per heavy atom. The molecule has 0 aromatic carbocycles. The van der Waals surface area contributed by atoms with Gasteiger partial charge in [0.2, 0.25) is 11.8 Å². The van der Waals surface area contributed by atoms with Crippen molar-refractivity contribution >= 4 is 17.8 Å². The largest absolute Gasteiger partial charge is 0.481 e. The predicted molar refractivity (Wildman–Crippen MR) is 72.0 cm³/mol. The second kappa shape index (κ2) is 6.24. The Kier molecular flexibility index (Phi) is 4.62. The van der Waals surface area contributed by atoms with E-state index in [1.807, 2.05) is 6.92 Å². The lowest BCUT2D eigenvalue weighted by Gasteiger charge is -2.27. The van der Waals surface area contributed by atoms with Crippen molar-refractivity contribution in [3.05, 3.63) is 0 Å². The summed E-state index contributed by atoms with van der Waals surface area (Å²) in [5, 5.41) is 8.99. The molecule has 2 atom stereocenters. The Morgan fingerprint density at radius 2 is 1.95 bits per heavy atom. The van der Waals surface area contributed by atoms with E-state index in [9.17, 15) is 14.4 Å². The fraction of sp³-hybridized carbons (Fsp3) is 0.786. The number of carbonyl (C=O) groups excluding carboxylic acids is 2. The van der Waals surface area contributed by atoms with E-state index >= 15 is 0 Å². The smallest absolute Gasteiger partial charge is 0.308 e. The fourth-order valence-corrected chi connectivity index (χ4v) is 3.05. The molecule has 6 heteroatoms. The van der Waals surface area contributed by atoms with Crippen molar-refractivity contribution in [3.63, 3.8) is 0 Å². The predicted octanol–water partition coefficient (Wildman–Crippen LogP) is 0.711. The summed E-state index contributed by atoms with van der Waals surface area (Å²) in [6.45, 7) is 3.36. The maximum atomic E-state index is 12.5. The van der Waals surface area contributed by atoms with Gasteiger partial charge in [-0.3, -0.25) is 14.4 Å². The molecule has 0 bridgehead atoms. The standard InChI is InChI=1S/C14H22N2O4/c1-2-4-12(17)16-7-3-5-11(16)13(18)15-8-6-10(9-15)14(19)20/h10-11H,2-9H2,1H3,(H,19,20). The molecule has 2 unspecified atom stereocenters. The van der Waals surface area contributed by atoms with Gasteiger partial charge < -0.3 is 14.9 Å². The first kappa shape index (κ1) is 14.8. The minimum atomic E-state index is -0.842. The normalized spacial score (nSPS) is 26.1. The SMILES string of the molecule is CCCC(=O)N1CCCC1C(=O)N1CCC(C(=O)O)C1. The average Bonchev–Trinajstić information content (AvgIpc) is 3.07. The maximum absolute atomic E-state index is 12.5. The van der Waals surface area contributed by atoms with Gasteiger partial charge in [-0.15, -0.1) is 0 Å². The molecule has 0 aliphatic carbocycles. The molecule has 2 amide bonds. The number of amides is 2. The zero-order valence-corrected chi connectivity index (χ0v) is 11.9. The van der Waals surface area contributed by atoms with Gasteiger partial charge in [0.05, 0.1) is 5.92 Å². The average molecular weight is 282 g/mol.